The summed E-state index contributed by atoms with van der Waals surface area (Å²) in [4.78, 5) is 14.5. The van der Waals surface area contributed by atoms with E-state index in [4.69, 9.17) is 11.6 Å². The van der Waals surface area contributed by atoms with E-state index in [0.29, 0.717) is 6.54 Å². The fourth-order valence-corrected chi connectivity index (χ4v) is 3.28. The molecular weight excluding hydrogens is 296 g/mol. The normalized spacial score (nSPS) is 18.3. The van der Waals surface area contributed by atoms with Crippen molar-refractivity contribution in [1.82, 2.24) is 4.90 Å². The molecule has 4 heteroatoms. The van der Waals surface area contributed by atoms with Crippen LogP contribution >= 0.6 is 11.6 Å². The van der Waals surface area contributed by atoms with Gasteiger partial charge in [-0.25, -0.2) is 0 Å². The van der Waals surface area contributed by atoms with Crippen molar-refractivity contribution in [2.24, 2.45) is 0 Å². The minimum absolute atomic E-state index is 0.0187. The molecule has 1 amide bonds. The van der Waals surface area contributed by atoms with Crippen LogP contribution in [0.5, 0.6) is 0 Å². The quantitative estimate of drug-likeness (QED) is 0.921. The van der Waals surface area contributed by atoms with Crippen LogP contribution in [-0.4, -0.2) is 23.9 Å². The molecule has 2 aromatic carbocycles. The molecule has 0 radical (unpaired) electrons. The van der Waals surface area contributed by atoms with Gasteiger partial charge in [0.2, 0.25) is 5.91 Å². The molecule has 0 aromatic heterocycles. The lowest BCUT2D eigenvalue weighted by Crippen LogP contribution is -2.33. The van der Waals surface area contributed by atoms with Gasteiger partial charge in [-0.05, 0) is 43.1 Å². The lowest BCUT2D eigenvalue weighted by molar-refractivity contribution is -0.117. The van der Waals surface area contributed by atoms with E-state index in [0.717, 1.165) is 35.7 Å². The number of likely N-dealkylation sites (tertiary alicyclic amines) is 1. The van der Waals surface area contributed by atoms with Gasteiger partial charge in [0.25, 0.3) is 0 Å². The molecule has 3 rings (SSSR count). The summed E-state index contributed by atoms with van der Waals surface area (Å²) in [7, 11) is 0. The number of hydrogen-bond acceptors (Lipinski definition) is 2. The first-order valence-electron chi connectivity index (χ1n) is 7.57. The number of nitrogens with zero attached hydrogens (tertiary/aromatic N) is 1. The Bertz CT molecular complexity index is 645. The average molecular weight is 315 g/mol. The van der Waals surface area contributed by atoms with Crippen LogP contribution < -0.4 is 5.32 Å². The molecule has 0 spiro atoms. The molecule has 1 unspecified atom stereocenters. The molecule has 0 saturated carbocycles. The van der Waals surface area contributed by atoms with Gasteiger partial charge in [0, 0.05) is 16.8 Å². The fraction of sp³-hybridized carbons (Fsp3) is 0.278. The van der Waals surface area contributed by atoms with E-state index >= 15 is 0 Å². The highest BCUT2D eigenvalue weighted by Crippen LogP contribution is 2.35. The predicted molar refractivity (Wildman–Crippen MR) is 90.1 cm³/mol. The topological polar surface area (TPSA) is 32.3 Å². The molecule has 22 heavy (non-hydrogen) atoms. The van der Waals surface area contributed by atoms with Crippen molar-refractivity contribution in [3.8, 4) is 0 Å². The smallest absolute Gasteiger partial charge is 0.238 e. The molecular formula is C18H19ClN2O. The molecule has 1 fully saturated rings. The van der Waals surface area contributed by atoms with E-state index in [1.54, 1.807) is 0 Å². The Morgan fingerprint density at radius 3 is 2.64 bits per heavy atom. The van der Waals surface area contributed by atoms with Gasteiger partial charge in [-0.3, -0.25) is 9.69 Å². The molecule has 1 aliphatic rings. The van der Waals surface area contributed by atoms with Gasteiger partial charge in [0.1, 0.15) is 0 Å². The Kier molecular flexibility index (Phi) is 4.76. The van der Waals surface area contributed by atoms with Crippen LogP contribution in [0.25, 0.3) is 0 Å². The number of carbonyl (C=O) groups is 1. The third kappa shape index (κ3) is 3.49. The van der Waals surface area contributed by atoms with Crippen molar-refractivity contribution in [3.63, 3.8) is 0 Å². The van der Waals surface area contributed by atoms with Crippen LogP contribution in [0.1, 0.15) is 24.4 Å². The highest BCUT2D eigenvalue weighted by molar-refractivity contribution is 6.31. The highest BCUT2D eigenvalue weighted by Gasteiger charge is 2.28. The molecule has 1 aliphatic heterocycles. The van der Waals surface area contributed by atoms with Crippen LogP contribution in [0.4, 0.5) is 5.69 Å². The number of benzene rings is 2. The van der Waals surface area contributed by atoms with Gasteiger partial charge in [-0.1, -0.05) is 48.0 Å². The number of nitrogens with one attached hydrogen (secondary N) is 1. The summed E-state index contributed by atoms with van der Waals surface area (Å²) >= 11 is 6.31. The first kappa shape index (κ1) is 15.1. The first-order valence-corrected chi connectivity index (χ1v) is 7.95. The molecule has 0 bridgehead atoms. The summed E-state index contributed by atoms with van der Waals surface area (Å²) < 4.78 is 0. The Morgan fingerprint density at radius 1 is 1.14 bits per heavy atom. The Labute approximate surface area is 135 Å². The average Bonchev–Trinajstić information content (AvgIpc) is 2.96. The van der Waals surface area contributed by atoms with E-state index in [1.807, 2.05) is 48.5 Å². The number of carbonyl (C=O) groups excluding carboxylic acids is 1. The standard InChI is InChI=1S/C18H19ClN2O/c19-16-10-5-4-9-15(16)17-11-6-12-21(17)13-18(22)20-14-7-2-1-3-8-14/h1-5,7-10,17H,6,11-13H2,(H,20,22). The lowest BCUT2D eigenvalue weighted by atomic mass is 10.0. The van der Waals surface area contributed by atoms with Gasteiger partial charge in [-0.2, -0.15) is 0 Å². The van der Waals surface area contributed by atoms with E-state index < -0.39 is 0 Å². The van der Waals surface area contributed by atoms with Crippen LogP contribution in [0.15, 0.2) is 54.6 Å². The maximum absolute atomic E-state index is 12.2. The number of rotatable bonds is 4. The minimum atomic E-state index is 0.0187. The lowest BCUT2D eigenvalue weighted by Gasteiger charge is -2.25. The van der Waals surface area contributed by atoms with E-state index in [1.165, 1.54) is 0 Å². The Morgan fingerprint density at radius 2 is 1.86 bits per heavy atom. The fourth-order valence-electron chi connectivity index (χ4n) is 3.02. The summed E-state index contributed by atoms with van der Waals surface area (Å²) in [6.07, 6.45) is 2.14. The second-order valence-corrected chi connectivity index (χ2v) is 5.97. The molecule has 0 aliphatic carbocycles. The number of halogens is 1. The van der Waals surface area contributed by atoms with Gasteiger partial charge in [-0.15, -0.1) is 0 Å². The van der Waals surface area contributed by atoms with Crippen molar-refractivity contribution >= 4 is 23.2 Å². The highest BCUT2D eigenvalue weighted by atomic mass is 35.5. The molecule has 1 heterocycles. The minimum Gasteiger partial charge on any atom is -0.325 e. The zero-order chi connectivity index (χ0) is 15.4. The molecule has 2 aromatic rings. The second kappa shape index (κ2) is 6.95. The Hall–Kier alpha value is -1.84. The molecule has 3 nitrogen and oxygen atoms in total. The monoisotopic (exact) mass is 314 g/mol. The van der Waals surface area contributed by atoms with Crippen molar-refractivity contribution in [3.05, 3.63) is 65.2 Å². The summed E-state index contributed by atoms with van der Waals surface area (Å²) in [5.41, 5.74) is 1.95. The third-order valence-corrected chi connectivity index (χ3v) is 4.38. The van der Waals surface area contributed by atoms with E-state index in [2.05, 4.69) is 16.3 Å². The molecule has 1 N–H and O–H groups in total. The van der Waals surface area contributed by atoms with Crippen LogP contribution in [-0.2, 0) is 4.79 Å². The third-order valence-electron chi connectivity index (χ3n) is 4.03. The number of para-hydroxylation sites is 1. The number of hydrogen-bond donors (Lipinski definition) is 1. The zero-order valence-corrected chi connectivity index (χ0v) is 13.1. The number of amides is 1. The van der Waals surface area contributed by atoms with E-state index in [9.17, 15) is 4.79 Å². The second-order valence-electron chi connectivity index (χ2n) is 5.56. The summed E-state index contributed by atoms with van der Waals surface area (Å²) in [6.45, 7) is 1.32. The first-order chi connectivity index (χ1) is 10.7. The maximum atomic E-state index is 12.2. The SMILES string of the molecule is O=C(CN1CCCC1c1ccccc1Cl)Nc1ccccc1. The largest absolute Gasteiger partial charge is 0.325 e. The van der Waals surface area contributed by atoms with Crippen molar-refractivity contribution in [2.45, 2.75) is 18.9 Å². The maximum Gasteiger partial charge on any atom is 0.238 e. The van der Waals surface area contributed by atoms with Crippen LogP contribution in [0.2, 0.25) is 5.02 Å². The van der Waals surface area contributed by atoms with Gasteiger partial charge in [0.05, 0.1) is 6.54 Å². The predicted octanol–water partition coefficient (Wildman–Crippen LogP) is 4.12. The molecule has 1 saturated heterocycles. The van der Waals surface area contributed by atoms with Crippen LogP contribution in [0.3, 0.4) is 0 Å². The van der Waals surface area contributed by atoms with Crippen LogP contribution in [0, 0.1) is 0 Å². The summed E-state index contributed by atoms with van der Waals surface area (Å²) in [6, 6.07) is 17.7. The van der Waals surface area contributed by atoms with Crippen molar-refractivity contribution < 1.29 is 4.79 Å². The van der Waals surface area contributed by atoms with Crippen molar-refractivity contribution in [2.75, 3.05) is 18.4 Å². The van der Waals surface area contributed by atoms with Crippen molar-refractivity contribution in [1.29, 1.82) is 0 Å². The Balaban J connectivity index is 1.66. The summed E-state index contributed by atoms with van der Waals surface area (Å²) in [5.74, 6) is 0.0187. The molecule has 114 valence electrons. The molecule has 1 atom stereocenters. The number of anilines is 1. The van der Waals surface area contributed by atoms with E-state index in [-0.39, 0.29) is 11.9 Å². The van der Waals surface area contributed by atoms with Gasteiger partial charge >= 0.3 is 0 Å². The zero-order valence-electron chi connectivity index (χ0n) is 12.3. The summed E-state index contributed by atoms with van der Waals surface area (Å²) in [5, 5.41) is 3.72. The van der Waals surface area contributed by atoms with Gasteiger partial charge < -0.3 is 5.32 Å². The van der Waals surface area contributed by atoms with Gasteiger partial charge in [0.15, 0.2) is 0 Å².